The van der Waals surface area contributed by atoms with Gasteiger partial charge in [0.25, 0.3) is 5.19 Å². The molecule has 9 heteroatoms. The molecular weight excluding hydrogens is 299 g/mol. The highest BCUT2D eigenvalue weighted by atomic mass is 35.5. The predicted octanol–water partition coefficient (Wildman–Crippen LogP) is 3.13. The van der Waals surface area contributed by atoms with Crippen LogP contribution in [-0.4, -0.2) is 15.0 Å². The lowest BCUT2D eigenvalue weighted by Crippen LogP contribution is -1.95. The van der Waals surface area contributed by atoms with Crippen molar-refractivity contribution in [3.05, 3.63) is 44.2 Å². The summed E-state index contributed by atoms with van der Waals surface area (Å²) < 4.78 is 18.6. The molecule has 6 nitrogen and oxygen atoms in total. The van der Waals surface area contributed by atoms with Crippen LogP contribution in [0, 0.1) is 15.9 Å². The minimum atomic E-state index is -0.883. The zero-order chi connectivity index (χ0) is 14.0. The van der Waals surface area contributed by atoms with Crippen LogP contribution in [0.1, 0.15) is 4.88 Å². The molecule has 0 unspecified atom stereocenters. The standard InChI is InChI=1S/C10H6ClFN2O4S/c11-9-7(4-15)19-10(13-9)18-8-5(12)2-1-3-6(8)14(16)17/h1-3,15H,4H2. The quantitative estimate of drug-likeness (QED) is 0.693. The molecule has 100 valence electrons. The maximum atomic E-state index is 13.6. The second-order valence-electron chi connectivity index (χ2n) is 3.30. The van der Waals surface area contributed by atoms with Crippen molar-refractivity contribution >= 4 is 28.6 Å². The van der Waals surface area contributed by atoms with Gasteiger partial charge in [-0.05, 0) is 6.07 Å². The number of nitrogens with zero attached hydrogens (tertiary/aromatic N) is 2. The van der Waals surface area contributed by atoms with Crippen LogP contribution in [0.5, 0.6) is 10.9 Å². The van der Waals surface area contributed by atoms with Crippen LogP contribution in [-0.2, 0) is 6.61 Å². The van der Waals surface area contributed by atoms with Crippen molar-refractivity contribution in [2.75, 3.05) is 0 Å². The van der Waals surface area contributed by atoms with E-state index in [0.717, 1.165) is 23.5 Å². The number of aliphatic hydroxyl groups is 1. The summed E-state index contributed by atoms with van der Waals surface area (Å²) in [5.74, 6) is -1.42. The normalized spacial score (nSPS) is 10.5. The molecule has 19 heavy (non-hydrogen) atoms. The monoisotopic (exact) mass is 304 g/mol. The number of rotatable bonds is 4. The first-order valence-electron chi connectivity index (χ1n) is 4.89. The number of thiazole rings is 1. The first kappa shape index (κ1) is 13.7. The Morgan fingerprint density at radius 1 is 1.58 bits per heavy atom. The second kappa shape index (κ2) is 5.47. The van der Waals surface area contributed by atoms with Gasteiger partial charge in [-0.2, -0.15) is 4.98 Å². The highest BCUT2D eigenvalue weighted by Crippen LogP contribution is 2.37. The first-order chi connectivity index (χ1) is 9.02. The van der Waals surface area contributed by atoms with Crippen molar-refractivity contribution in [2.24, 2.45) is 0 Å². The third-order valence-corrected chi connectivity index (χ3v) is 3.45. The van der Waals surface area contributed by atoms with Crippen LogP contribution < -0.4 is 4.74 Å². The minimum absolute atomic E-state index is 0.0153. The fourth-order valence-electron chi connectivity index (χ4n) is 1.28. The molecule has 1 aromatic heterocycles. The highest BCUT2D eigenvalue weighted by molar-refractivity contribution is 7.13. The summed E-state index contributed by atoms with van der Waals surface area (Å²) in [6.45, 7) is -0.348. The fourth-order valence-corrected chi connectivity index (χ4v) is 2.25. The Hall–Kier alpha value is -1.77. The Balaban J connectivity index is 2.39. The number of halogens is 2. The number of para-hydroxylation sites is 1. The Morgan fingerprint density at radius 3 is 2.89 bits per heavy atom. The Labute approximate surface area is 115 Å². The van der Waals surface area contributed by atoms with Gasteiger partial charge in [-0.1, -0.05) is 29.0 Å². The van der Waals surface area contributed by atoms with Crippen molar-refractivity contribution < 1.29 is 19.2 Å². The second-order valence-corrected chi connectivity index (χ2v) is 4.70. The average Bonchev–Trinajstić information content (AvgIpc) is 2.71. The molecule has 0 aliphatic heterocycles. The van der Waals surface area contributed by atoms with E-state index in [1.54, 1.807) is 0 Å². The summed E-state index contributed by atoms with van der Waals surface area (Å²) in [6.07, 6.45) is 0. The number of hydrogen-bond acceptors (Lipinski definition) is 6. The number of nitro groups is 1. The lowest BCUT2D eigenvalue weighted by atomic mass is 10.3. The van der Waals surface area contributed by atoms with Crippen LogP contribution in [0.15, 0.2) is 18.2 Å². The van der Waals surface area contributed by atoms with Gasteiger partial charge in [-0.25, -0.2) is 4.39 Å². The number of aromatic nitrogens is 1. The number of benzene rings is 1. The van der Waals surface area contributed by atoms with Gasteiger partial charge >= 0.3 is 5.69 Å². The Morgan fingerprint density at radius 2 is 2.32 bits per heavy atom. The number of nitro benzene ring substituents is 1. The SMILES string of the molecule is O=[N+]([O-])c1cccc(F)c1Oc1nc(Cl)c(CO)s1. The van der Waals surface area contributed by atoms with Gasteiger partial charge in [-0.3, -0.25) is 10.1 Å². The molecular formula is C10H6ClFN2O4S. The third-order valence-electron chi connectivity index (χ3n) is 2.11. The van der Waals surface area contributed by atoms with E-state index < -0.39 is 22.2 Å². The zero-order valence-corrected chi connectivity index (χ0v) is 10.7. The minimum Gasteiger partial charge on any atom is -0.420 e. The molecule has 0 amide bonds. The van der Waals surface area contributed by atoms with Crippen molar-refractivity contribution in [3.63, 3.8) is 0 Å². The predicted molar refractivity (Wildman–Crippen MR) is 66.2 cm³/mol. The first-order valence-corrected chi connectivity index (χ1v) is 6.09. The van der Waals surface area contributed by atoms with Gasteiger partial charge in [0, 0.05) is 6.07 Å². The molecule has 0 radical (unpaired) electrons. The molecule has 0 saturated heterocycles. The van der Waals surface area contributed by atoms with E-state index in [4.69, 9.17) is 21.4 Å². The summed E-state index contributed by atoms with van der Waals surface area (Å²) in [5.41, 5.74) is -0.517. The third kappa shape index (κ3) is 2.80. The van der Waals surface area contributed by atoms with E-state index in [1.165, 1.54) is 6.07 Å². The van der Waals surface area contributed by atoms with Gasteiger partial charge in [0.2, 0.25) is 5.75 Å². The van der Waals surface area contributed by atoms with E-state index >= 15 is 0 Å². The van der Waals surface area contributed by atoms with E-state index in [2.05, 4.69) is 4.98 Å². The van der Waals surface area contributed by atoms with E-state index in [-0.39, 0.29) is 17.0 Å². The summed E-state index contributed by atoms with van der Waals surface area (Å²) in [4.78, 5) is 14.1. The summed E-state index contributed by atoms with van der Waals surface area (Å²) >= 11 is 6.56. The lowest BCUT2D eigenvalue weighted by Gasteiger charge is -2.03. The summed E-state index contributed by atoms with van der Waals surface area (Å²) in [5, 5.41) is 19.6. The van der Waals surface area contributed by atoms with Crippen molar-refractivity contribution in [1.29, 1.82) is 0 Å². The smallest absolute Gasteiger partial charge is 0.314 e. The molecule has 0 atom stereocenters. The molecule has 1 N–H and O–H groups in total. The summed E-state index contributed by atoms with van der Waals surface area (Å²) in [6, 6.07) is 3.35. The molecule has 0 aliphatic rings. The molecule has 0 spiro atoms. The molecule has 2 rings (SSSR count). The largest absolute Gasteiger partial charge is 0.420 e. The molecule has 2 aromatic rings. The fraction of sp³-hybridized carbons (Fsp3) is 0.100. The van der Waals surface area contributed by atoms with Gasteiger partial charge in [-0.15, -0.1) is 0 Å². The van der Waals surface area contributed by atoms with Crippen LogP contribution in [0.3, 0.4) is 0 Å². The summed E-state index contributed by atoms with van der Waals surface area (Å²) in [7, 11) is 0. The van der Waals surface area contributed by atoms with E-state index in [1.807, 2.05) is 0 Å². The van der Waals surface area contributed by atoms with Crippen molar-refractivity contribution in [3.8, 4) is 10.9 Å². The average molecular weight is 305 g/mol. The van der Waals surface area contributed by atoms with Crippen molar-refractivity contribution in [2.45, 2.75) is 6.61 Å². The lowest BCUT2D eigenvalue weighted by molar-refractivity contribution is -0.385. The van der Waals surface area contributed by atoms with Gasteiger partial charge in [0.1, 0.15) is 5.15 Å². The molecule has 0 bridgehead atoms. The van der Waals surface area contributed by atoms with Crippen LogP contribution in [0.25, 0.3) is 0 Å². The molecule has 0 saturated carbocycles. The molecule has 1 heterocycles. The number of hydrogen-bond donors (Lipinski definition) is 1. The van der Waals surface area contributed by atoms with Gasteiger partial charge in [0.15, 0.2) is 5.82 Å². The Kier molecular flexibility index (Phi) is 3.93. The van der Waals surface area contributed by atoms with Gasteiger partial charge in [0.05, 0.1) is 16.4 Å². The molecule has 0 fully saturated rings. The molecule has 1 aromatic carbocycles. The van der Waals surface area contributed by atoms with Gasteiger partial charge < -0.3 is 9.84 Å². The molecule has 0 aliphatic carbocycles. The maximum Gasteiger partial charge on any atom is 0.314 e. The van der Waals surface area contributed by atoms with Crippen LogP contribution >= 0.6 is 22.9 Å². The van der Waals surface area contributed by atoms with Crippen LogP contribution in [0.2, 0.25) is 5.15 Å². The highest BCUT2D eigenvalue weighted by Gasteiger charge is 2.22. The van der Waals surface area contributed by atoms with E-state index in [9.17, 15) is 14.5 Å². The maximum absolute atomic E-state index is 13.6. The van der Waals surface area contributed by atoms with Crippen LogP contribution in [0.4, 0.5) is 10.1 Å². The zero-order valence-electron chi connectivity index (χ0n) is 9.17. The number of aliphatic hydroxyl groups excluding tert-OH is 1. The van der Waals surface area contributed by atoms with E-state index in [0.29, 0.717) is 4.88 Å². The Bertz CT molecular complexity index is 634. The number of ether oxygens (including phenoxy) is 1. The topological polar surface area (TPSA) is 85.5 Å². The van der Waals surface area contributed by atoms with Crippen molar-refractivity contribution in [1.82, 2.24) is 4.98 Å².